The summed E-state index contributed by atoms with van der Waals surface area (Å²) in [4.78, 5) is 17.5. The van der Waals surface area contributed by atoms with E-state index in [1.165, 1.54) is 0 Å². The summed E-state index contributed by atoms with van der Waals surface area (Å²) in [7, 11) is 0. The molecule has 0 aliphatic carbocycles. The van der Waals surface area contributed by atoms with Crippen LogP contribution >= 0.6 is 22.9 Å². The number of thiophene rings is 1. The average molecular weight is 362 g/mol. The Morgan fingerprint density at radius 1 is 1.33 bits per heavy atom. The van der Waals surface area contributed by atoms with E-state index in [4.69, 9.17) is 16.1 Å². The Kier molecular flexibility index (Phi) is 5.27. The van der Waals surface area contributed by atoms with E-state index in [2.05, 4.69) is 15.5 Å². The highest BCUT2D eigenvalue weighted by atomic mass is 35.5. The van der Waals surface area contributed by atoms with Crippen molar-refractivity contribution in [1.82, 2.24) is 15.5 Å². The van der Waals surface area contributed by atoms with Gasteiger partial charge in [-0.2, -0.15) is 4.98 Å². The Hall–Kier alpha value is -2.18. The van der Waals surface area contributed by atoms with Gasteiger partial charge in [-0.05, 0) is 42.6 Å². The lowest BCUT2D eigenvalue weighted by Crippen LogP contribution is -2.26. The highest BCUT2D eigenvalue weighted by molar-refractivity contribution is 7.10. The molecule has 1 N–H and O–H groups in total. The van der Waals surface area contributed by atoms with Gasteiger partial charge in [0.1, 0.15) is 0 Å². The SMILES string of the molecule is C[C@H](NC(=O)CCc1nc(-c2ccc(Cl)cc2)no1)c1cccs1. The molecular weight excluding hydrogens is 346 g/mol. The number of nitrogens with zero attached hydrogens (tertiary/aromatic N) is 2. The summed E-state index contributed by atoms with van der Waals surface area (Å²) >= 11 is 7.48. The van der Waals surface area contributed by atoms with E-state index in [1.54, 1.807) is 23.5 Å². The number of halogens is 1. The zero-order valence-electron chi connectivity index (χ0n) is 13.0. The average Bonchev–Trinajstić information content (AvgIpc) is 3.25. The number of benzene rings is 1. The summed E-state index contributed by atoms with van der Waals surface area (Å²) in [5.74, 6) is 0.898. The maximum Gasteiger partial charge on any atom is 0.227 e. The summed E-state index contributed by atoms with van der Waals surface area (Å²) in [6.45, 7) is 1.97. The van der Waals surface area contributed by atoms with E-state index in [1.807, 2.05) is 36.6 Å². The lowest BCUT2D eigenvalue weighted by molar-refractivity contribution is -0.121. The first-order valence-corrected chi connectivity index (χ1v) is 8.79. The van der Waals surface area contributed by atoms with Gasteiger partial charge in [-0.1, -0.05) is 22.8 Å². The first-order valence-electron chi connectivity index (χ1n) is 7.53. The van der Waals surface area contributed by atoms with Crippen LogP contribution in [-0.4, -0.2) is 16.0 Å². The molecule has 124 valence electrons. The van der Waals surface area contributed by atoms with Crippen LogP contribution in [-0.2, 0) is 11.2 Å². The van der Waals surface area contributed by atoms with Crippen molar-refractivity contribution >= 4 is 28.8 Å². The molecule has 2 heterocycles. The molecule has 5 nitrogen and oxygen atoms in total. The molecular formula is C17H16ClN3O2S. The lowest BCUT2D eigenvalue weighted by atomic mass is 10.2. The smallest absolute Gasteiger partial charge is 0.227 e. The maximum absolute atomic E-state index is 12.0. The highest BCUT2D eigenvalue weighted by Gasteiger charge is 2.13. The van der Waals surface area contributed by atoms with E-state index >= 15 is 0 Å². The van der Waals surface area contributed by atoms with Gasteiger partial charge in [-0.3, -0.25) is 4.79 Å². The first-order chi connectivity index (χ1) is 11.6. The van der Waals surface area contributed by atoms with Crippen LogP contribution in [0.5, 0.6) is 0 Å². The lowest BCUT2D eigenvalue weighted by Gasteiger charge is -2.11. The number of rotatable bonds is 6. The number of aromatic nitrogens is 2. The zero-order chi connectivity index (χ0) is 16.9. The molecule has 1 aromatic carbocycles. The van der Waals surface area contributed by atoms with E-state index < -0.39 is 0 Å². The van der Waals surface area contributed by atoms with Gasteiger partial charge < -0.3 is 9.84 Å². The number of amides is 1. The third kappa shape index (κ3) is 4.21. The van der Waals surface area contributed by atoms with Gasteiger partial charge >= 0.3 is 0 Å². The van der Waals surface area contributed by atoms with Crippen LogP contribution in [0, 0.1) is 0 Å². The Morgan fingerprint density at radius 3 is 2.83 bits per heavy atom. The van der Waals surface area contributed by atoms with Crippen LogP contribution in [0.2, 0.25) is 5.02 Å². The summed E-state index contributed by atoms with van der Waals surface area (Å²) in [6.07, 6.45) is 0.710. The topological polar surface area (TPSA) is 68.0 Å². The Bertz CT molecular complexity index is 800. The van der Waals surface area contributed by atoms with E-state index in [0.717, 1.165) is 10.4 Å². The predicted molar refractivity (Wildman–Crippen MR) is 93.9 cm³/mol. The van der Waals surface area contributed by atoms with Crippen molar-refractivity contribution in [2.45, 2.75) is 25.8 Å². The fraction of sp³-hybridized carbons (Fsp3) is 0.235. The Morgan fingerprint density at radius 2 is 2.12 bits per heavy atom. The molecule has 0 fully saturated rings. The van der Waals surface area contributed by atoms with Crippen molar-refractivity contribution < 1.29 is 9.32 Å². The minimum absolute atomic E-state index is 0.00446. The van der Waals surface area contributed by atoms with Gasteiger partial charge in [0.15, 0.2) is 0 Å². The number of carbonyl (C=O) groups excluding carboxylic acids is 1. The zero-order valence-corrected chi connectivity index (χ0v) is 14.6. The summed E-state index contributed by atoms with van der Waals surface area (Å²) in [5.41, 5.74) is 0.824. The quantitative estimate of drug-likeness (QED) is 0.712. The largest absolute Gasteiger partial charge is 0.349 e. The molecule has 0 saturated heterocycles. The van der Waals surface area contributed by atoms with E-state index in [-0.39, 0.29) is 11.9 Å². The third-order valence-corrected chi connectivity index (χ3v) is 4.79. The molecule has 0 unspecified atom stereocenters. The highest BCUT2D eigenvalue weighted by Crippen LogP contribution is 2.20. The molecule has 3 aromatic rings. The van der Waals surface area contributed by atoms with Crippen molar-refractivity contribution in [3.63, 3.8) is 0 Å². The molecule has 2 aromatic heterocycles. The van der Waals surface area contributed by atoms with Gasteiger partial charge in [-0.15, -0.1) is 11.3 Å². The standard InChI is InChI=1S/C17H16ClN3O2S/c1-11(14-3-2-10-24-14)19-15(22)8-9-16-20-17(21-23-16)12-4-6-13(18)7-5-12/h2-7,10-11H,8-9H2,1H3,(H,19,22)/t11-/m0/s1. The molecule has 0 bridgehead atoms. The molecule has 1 amide bonds. The predicted octanol–water partition coefficient (Wildman–Crippen LogP) is 4.26. The molecule has 1 atom stereocenters. The second kappa shape index (κ2) is 7.59. The molecule has 0 spiro atoms. The minimum Gasteiger partial charge on any atom is -0.349 e. The van der Waals surface area contributed by atoms with Crippen LogP contribution in [0.3, 0.4) is 0 Å². The molecule has 24 heavy (non-hydrogen) atoms. The summed E-state index contributed by atoms with van der Waals surface area (Å²) in [5, 5.41) is 9.55. The molecule has 0 aliphatic heterocycles. The minimum atomic E-state index is -0.0397. The van der Waals surface area contributed by atoms with Gasteiger partial charge in [0, 0.05) is 28.3 Å². The number of hydrogen-bond acceptors (Lipinski definition) is 5. The number of nitrogens with one attached hydrogen (secondary N) is 1. The molecule has 0 aliphatic rings. The van der Waals surface area contributed by atoms with Crippen molar-refractivity contribution in [3.8, 4) is 11.4 Å². The van der Waals surface area contributed by atoms with Crippen molar-refractivity contribution in [2.24, 2.45) is 0 Å². The van der Waals surface area contributed by atoms with Gasteiger partial charge in [-0.25, -0.2) is 0 Å². The maximum atomic E-state index is 12.0. The normalized spacial score (nSPS) is 12.1. The Labute approximate surface area is 148 Å². The van der Waals surface area contributed by atoms with Gasteiger partial charge in [0.2, 0.25) is 17.6 Å². The van der Waals surface area contributed by atoms with Crippen LogP contribution in [0.4, 0.5) is 0 Å². The number of aryl methyl sites for hydroxylation is 1. The fourth-order valence-corrected chi connectivity index (χ4v) is 3.08. The third-order valence-electron chi connectivity index (χ3n) is 3.48. The van der Waals surface area contributed by atoms with Gasteiger partial charge in [0.25, 0.3) is 0 Å². The van der Waals surface area contributed by atoms with Gasteiger partial charge in [0.05, 0.1) is 6.04 Å². The summed E-state index contributed by atoms with van der Waals surface area (Å²) < 4.78 is 5.20. The number of carbonyl (C=O) groups is 1. The molecule has 3 rings (SSSR count). The molecule has 7 heteroatoms. The summed E-state index contributed by atoms with van der Waals surface area (Å²) in [6, 6.07) is 11.2. The fourth-order valence-electron chi connectivity index (χ4n) is 2.22. The van der Waals surface area contributed by atoms with Crippen LogP contribution in [0.15, 0.2) is 46.3 Å². The molecule has 0 radical (unpaired) electrons. The molecule has 0 saturated carbocycles. The van der Waals surface area contributed by atoms with Crippen LogP contribution in [0.25, 0.3) is 11.4 Å². The monoisotopic (exact) mass is 361 g/mol. The van der Waals surface area contributed by atoms with Crippen LogP contribution < -0.4 is 5.32 Å². The van der Waals surface area contributed by atoms with Crippen molar-refractivity contribution in [2.75, 3.05) is 0 Å². The first kappa shape index (κ1) is 16.7. The van der Waals surface area contributed by atoms with Crippen LogP contribution in [0.1, 0.15) is 30.2 Å². The van der Waals surface area contributed by atoms with Crippen molar-refractivity contribution in [3.05, 3.63) is 57.6 Å². The second-order valence-electron chi connectivity index (χ2n) is 5.32. The van der Waals surface area contributed by atoms with E-state index in [0.29, 0.717) is 29.6 Å². The second-order valence-corrected chi connectivity index (χ2v) is 6.74. The van der Waals surface area contributed by atoms with E-state index in [9.17, 15) is 4.79 Å². The number of hydrogen-bond donors (Lipinski definition) is 1. The van der Waals surface area contributed by atoms with Crippen molar-refractivity contribution in [1.29, 1.82) is 0 Å². The Balaban J connectivity index is 1.53.